The second kappa shape index (κ2) is 11.0. The fourth-order valence-corrected chi connectivity index (χ4v) is 4.81. The third-order valence-electron chi connectivity index (χ3n) is 6.79. The van der Waals surface area contributed by atoms with Gasteiger partial charge < -0.3 is 24.0 Å². The van der Waals surface area contributed by atoms with Crippen molar-refractivity contribution in [2.45, 2.75) is 13.5 Å². The van der Waals surface area contributed by atoms with Crippen LogP contribution in [-0.4, -0.2) is 71.6 Å². The van der Waals surface area contributed by atoms with E-state index in [-0.39, 0.29) is 17.2 Å². The molecule has 0 unspecified atom stereocenters. The molecule has 38 heavy (non-hydrogen) atoms. The predicted molar refractivity (Wildman–Crippen MR) is 143 cm³/mol. The van der Waals surface area contributed by atoms with E-state index < -0.39 is 0 Å². The number of benzene rings is 2. The molecule has 3 aromatic rings. The molecule has 0 bridgehead atoms. The zero-order valence-electron chi connectivity index (χ0n) is 21.8. The summed E-state index contributed by atoms with van der Waals surface area (Å²) in [6.07, 6.45) is 3.77. The van der Waals surface area contributed by atoms with Crippen LogP contribution in [0.25, 0.3) is 17.1 Å². The van der Waals surface area contributed by atoms with Crippen molar-refractivity contribution in [1.82, 2.24) is 19.6 Å². The minimum absolute atomic E-state index is 0.111. The number of aromatic nitrogens is 2. The molecular formula is C28H31N5O5. The number of nitro groups is 1. The maximum atomic E-state index is 12.2. The Morgan fingerprint density at radius 2 is 1.89 bits per heavy atom. The summed E-state index contributed by atoms with van der Waals surface area (Å²) in [4.78, 5) is 15.9. The first-order valence-corrected chi connectivity index (χ1v) is 12.5. The Morgan fingerprint density at radius 1 is 1.08 bits per heavy atom. The van der Waals surface area contributed by atoms with Gasteiger partial charge in [0, 0.05) is 49.1 Å². The number of aryl methyl sites for hydroxylation is 1. The van der Waals surface area contributed by atoms with Crippen molar-refractivity contribution in [2.75, 3.05) is 47.1 Å². The Labute approximate surface area is 221 Å². The van der Waals surface area contributed by atoms with Gasteiger partial charge in [-0.25, -0.2) is 4.68 Å². The highest BCUT2D eigenvalue weighted by Gasteiger charge is 2.33. The number of morpholine rings is 1. The Balaban J connectivity index is 1.57. The van der Waals surface area contributed by atoms with Crippen molar-refractivity contribution >= 4 is 5.82 Å². The van der Waals surface area contributed by atoms with Gasteiger partial charge >= 0.3 is 0 Å². The van der Waals surface area contributed by atoms with Crippen molar-refractivity contribution < 1.29 is 19.1 Å². The molecular weight excluding hydrogens is 486 g/mol. The summed E-state index contributed by atoms with van der Waals surface area (Å²) >= 11 is 0. The first kappa shape index (κ1) is 25.3. The summed E-state index contributed by atoms with van der Waals surface area (Å²) < 4.78 is 18.3. The van der Waals surface area contributed by atoms with E-state index in [4.69, 9.17) is 19.3 Å². The lowest BCUT2D eigenvalue weighted by atomic mass is 10.1. The van der Waals surface area contributed by atoms with Gasteiger partial charge in [0.15, 0.2) is 0 Å². The molecule has 10 heteroatoms. The fourth-order valence-electron chi connectivity index (χ4n) is 4.81. The summed E-state index contributed by atoms with van der Waals surface area (Å²) in [7, 11) is 3.20. The standard InChI is InChI=1S/C28H31N5O5/c1-20-5-4-6-21(15-20)24-9-10-32(29-24)28-17-25(30-11-13-38-14-12-30)26(33(34)35)19-31(28)18-22-7-8-23(36-2)16-27(22)37-3/h4-10,15-17H,11-14,18-19H2,1-3H3. The van der Waals surface area contributed by atoms with Crippen LogP contribution in [0.5, 0.6) is 11.5 Å². The van der Waals surface area contributed by atoms with E-state index >= 15 is 0 Å². The molecule has 2 aromatic carbocycles. The average Bonchev–Trinajstić information content (AvgIpc) is 3.44. The minimum atomic E-state index is -0.280. The third-order valence-corrected chi connectivity index (χ3v) is 6.79. The van der Waals surface area contributed by atoms with Crippen molar-refractivity contribution in [3.05, 3.63) is 93.4 Å². The molecule has 0 aliphatic carbocycles. The number of methoxy groups -OCH3 is 2. The van der Waals surface area contributed by atoms with Crippen LogP contribution >= 0.6 is 0 Å². The zero-order valence-corrected chi connectivity index (χ0v) is 21.8. The molecule has 1 fully saturated rings. The summed E-state index contributed by atoms with van der Waals surface area (Å²) in [5.41, 5.74) is 4.61. The van der Waals surface area contributed by atoms with E-state index in [9.17, 15) is 10.1 Å². The van der Waals surface area contributed by atoms with Gasteiger partial charge in [-0.2, -0.15) is 5.10 Å². The number of hydrogen-bond donors (Lipinski definition) is 0. The van der Waals surface area contributed by atoms with Gasteiger partial charge in [0.05, 0.1) is 38.1 Å². The second-order valence-electron chi connectivity index (χ2n) is 9.24. The smallest absolute Gasteiger partial charge is 0.288 e. The van der Waals surface area contributed by atoms with E-state index in [2.05, 4.69) is 6.07 Å². The Morgan fingerprint density at radius 3 is 2.61 bits per heavy atom. The molecule has 0 saturated carbocycles. The van der Waals surface area contributed by atoms with Crippen LogP contribution in [-0.2, 0) is 11.3 Å². The van der Waals surface area contributed by atoms with E-state index in [1.165, 1.54) is 0 Å². The van der Waals surface area contributed by atoms with E-state index in [1.54, 1.807) is 18.9 Å². The number of hydrogen-bond acceptors (Lipinski definition) is 8. The maximum absolute atomic E-state index is 12.2. The number of ether oxygens (including phenoxy) is 3. The van der Waals surface area contributed by atoms with Crippen LogP contribution in [0.1, 0.15) is 11.1 Å². The molecule has 1 saturated heterocycles. The van der Waals surface area contributed by atoms with Gasteiger partial charge in [0.2, 0.25) is 0 Å². The SMILES string of the molecule is COc1ccc(CN2CC([N+](=O)[O-])=C(N3CCOCC3)C=C2n2ccc(-c3cccc(C)c3)n2)c(OC)c1. The topological polar surface area (TPSA) is 95.1 Å². The van der Waals surface area contributed by atoms with E-state index in [0.717, 1.165) is 28.2 Å². The van der Waals surface area contributed by atoms with E-state index in [1.807, 2.05) is 71.5 Å². The van der Waals surface area contributed by atoms with Crippen molar-refractivity contribution in [1.29, 1.82) is 0 Å². The molecule has 0 amide bonds. The average molecular weight is 518 g/mol. The molecule has 0 spiro atoms. The van der Waals surface area contributed by atoms with Gasteiger partial charge in [-0.1, -0.05) is 23.8 Å². The molecule has 2 aliphatic rings. The molecule has 5 rings (SSSR count). The number of nitrogens with zero attached hydrogens (tertiary/aromatic N) is 5. The van der Waals surface area contributed by atoms with E-state index in [0.29, 0.717) is 50.0 Å². The summed E-state index contributed by atoms with van der Waals surface area (Å²) in [5.74, 6) is 2.07. The van der Waals surface area contributed by atoms with Gasteiger partial charge in [0.25, 0.3) is 5.70 Å². The summed E-state index contributed by atoms with van der Waals surface area (Å²) in [6, 6.07) is 15.7. The summed E-state index contributed by atoms with van der Waals surface area (Å²) in [6.45, 7) is 4.79. The Bertz CT molecular complexity index is 1390. The van der Waals surface area contributed by atoms with Crippen LogP contribution < -0.4 is 9.47 Å². The van der Waals surface area contributed by atoms with Crippen LogP contribution in [0.2, 0.25) is 0 Å². The molecule has 0 radical (unpaired) electrons. The lowest BCUT2D eigenvalue weighted by Crippen LogP contribution is -2.40. The predicted octanol–water partition coefficient (Wildman–Crippen LogP) is 4.01. The van der Waals surface area contributed by atoms with Crippen LogP contribution in [0.15, 0.2) is 72.2 Å². The molecule has 1 aromatic heterocycles. The number of rotatable bonds is 8. The van der Waals surface area contributed by atoms with Gasteiger partial charge in [-0.05, 0) is 31.2 Å². The van der Waals surface area contributed by atoms with Gasteiger partial charge in [-0.15, -0.1) is 0 Å². The van der Waals surface area contributed by atoms with Crippen LogP contribution in [0.4, 0.5) is 0 Å². The largest absolute Gasteiger partial charge is 0.497 e. The molecule has 0 atom stereocenters. The molecule has 198 valence electrons. The second-order valence-corrected chi connectivity index (χ2v) is 9.24. The van der Waals surface area contributed by atoms with Gasteiger partial charge in [0.1, 0.15) is 29.6 Å². The Hall–Kier alpha value is -4.31. The third kappa shape index (κ3) is 5.21. The monoisotopic (exact) mass is 517 g/mol. The minimum Gasteiger partial charge on any atom is -0.497 e. The van der Waals surface area contributed by atoms with Crippen molar-refractivity contribution in [3.63, 3.8) is 0 Å². The molecule has 10 nitrogen and oxygen atoms in total. The lowest BCUT2D eigenvalue weighted by Gasteiger charge is -2.35. The maximum Gasteiger partial charge on any atom is 0.288 e. The highest BCUT2D eigenvalue weighted by Crippen LogP contribution is 2.32. The molecule has 0 N–H and O–H groups in total. The number of allylic oxidation sites excluding steroid dienone is 1. The lowest BCUT2D eigenvalue weighted by molar-refractivity contribution is -0.430. The first-order chi connectivity index (χ1) is 18.5. The highest BCUT2D eigenvalue weighted by molar-refractivity contribution is 5.61. The highest BCUT2D eigenvalue weighted by atomic mass is 16.6. The first-order valence-electron chi connectivity index (χ1n) is 12.5. The normalized spacial score (nSPS) is 15.9. The Kier molecular flexibility index (Phi) is 7.32. The quantitative estimate of drug-likeness (QED) is 0.327. The fraction of sp³-hybridized carbons (Fsp3) is 0.321. The van der Waals surface area contributed by atoms with Crippen molar-refractivity contribution in [2.24, 2.45) is 0 Å². The molecule has 2 aliphatic heterocycles. The molecule has 3 heterocycles. The summed E-state index contributed by atoms with van der Waals surface area (Å²) in [5, 5.41) is 17.1. The van der Waals surface area contributed by atoms with Crippen LogP contribution in [0, 0.1) is 17.0 Å². The van der Waals surface area contributed by atoms with Gasteiger partial charge in [-0.3, -0.25) is 10.1 Å². The van der Waals surface area contributed by atoms with Crippen LogP contribution in [0.3, 0.4) is 0 Å². The zero-order chi connectivity index (χ0) is 26.6. The van der Waals surface area contributed by atoms with Crippen molar-refractivity contribution in [3.8, 4) is 22.8 Å².